The van der Waals surface area contributed by atoms with E-state index in [-0.39, 0.29) is 65.8 Å². The summed E-state index contributed by atoms with van der Waals surface area (Å²) in [5, 5.41) is 19.0. The van der Waals surface area contributed by atoms with Crippen LogP contribution >= 0.6 is 0 Å². The van der Waals surface area contributed by atoms with Gasteiger partial charge >= 0.3 is 36.4 Å². The second-order valence-corrected chi connectivity index (χ2v) is 20.7. The molecule has 0 saturated carbocycles. The monoisotopic (exact) mass is 1080 g/mol. The molecular formula is C53H69F9N4O9. The van der Waals surface area contributed by atoms with Gasteiger partial charge in [0.2, 0.25) is 0 Å². The SMILES string of the molecule is CN1CCC[C@H]1COc1c(C(=O)O)cc(C(F)(F)F)cc1C(C)(C)C.CN1CCC[C@H]1COc1c(C[C@@H]2CCCN2C)cc(C(F)(F)F)cc1C(=O)O.COC(=O)c1cc(C(F)(F)F)ccc1OCC1CCCN1C. The first kappa shape index (κ1) is 60.5. The molecule has 0 aromatic heterocycles. The Kier molecular flexibility index (Phi) is 20.4. The van der Waals surface area contributed by atoms with Crippen molar-refractivity contribution < 1.29 is 83.1 Å². The summed E-state index contributed by atoms with van der Waals surface area (Å²) in [4.78, 5) is 43.5. The average molecular weight is 1080 g/mol. The summed E-state index contributed by atoms with van der Waals surface area (Å²) in [5.41, 5.74) is -4.00. The molecule has 4 aliphatic rings. The minimum atomic E-state index is -4.62. The van der Waals surface area contributed by atoms with Crippen LogP contribution in [0.4, 0.5) is 39.5 Å². The number of hydrogen-bond acceptors (Lipinski definition) is 11. The molecule has 1 unspecified atom stereocenters. The Morgan fingerprint density at radius 2 is 0.920 bits per heavy atom. The van der Waals surface area contributed by atoms with Crippen molar-refractivity contribution in [1.82, 2.24) is 19.6 Å². The third-order valence-electron chi connectivity index (χ3n) is 14.3. The number of esters is 1. The van der Waals surface area contributed by atoms with E-state index in [1.165, 1.54) is 6.07 Å². The number of ether oxygens (including phenoxy) is 4. The second kappa shape index (κ2) is 25.2. The molecule has 4 saturated heterocycles. The average Bonchev–Trinajstić information content (AvgIpc) is 4.14. The first-order valence-electron chi connectivity index (χ1n) is 24.9. The van der Waals surface area contributed by atoms with Crippen molar-refractivity contribution in [1.29, 1.82) is 0 Å². The lowest BCUT2D eigenvalue weighted by atomic mass is 9.83. The quantitative estimate of drug-likeness (QED) is 0.117. The number of halogens is 9. The lowest BCUT2D eigenvalue weighted by molar-refractivity contribution is -0.138. The summed E-state index contributed by atoms with van der Waals surface area (Å²) in [7, 11) is 8.96. The van der Waals surface area contributed by atoms with Crippen LogP contribution < -0.4 is 14.2 Å². The Bertz CT molecular complexity index is 2440. The van der Waals surface area contributed by atoms with Gasteiger partial charge in [-0.15, -0.1) is 0 Å². The molecule has 13 nitrogen and oxygen atoms in total. The summed E-state index contributed by atoms with van der Waals surface area (Å²) in [5.74, 6) is -3.44. The lowest BCUT2D eigenvalue weighted by Gasteiger charge is -2.27. The van der Waals surface area contributed by atoms with Crippen molar-refractivity contribution in [3.05, 3.63) is 87.0 Å². The van der Waals surface area contributed by atoms with Crippen LogP contribution in [0.25, 0.3) is 0 Å². The van der Waals surface area contributed by atoms with Crippen LogP contribution in [-0.4, -0.2) is 153 Å². The normalized spacial score (nSPS) is 21.0. The molecule has 75 heavy (non-hydrogen) atoms. The van der Waals surface area contributed by atoms with Crippen LogP contribution in [0, 0.1) is 0 Å². The maximum absolute atomic E-state index is 13.4. The molecule has 4 atom stereocenters. The van der Waals surface area contributed by atoms with Gasteiger partial charge in [-0.1, -0.05) is 20.8 Å². The Morgan fingerprint density at radius 1 is 0.533 bits per heavy atom. The molecule has 22 heteroatoms. The predicted molar refractivity (Wildman–Crippen MR) is 261 cm³/mol. The molecule has 3 aromatic rings. The third-order valence-corrected chi connectivity index (χ3v) is 14.3. The summed E-state index contributed by atoms with van der Waals surface area (Å²) in [6, 6.07) is 6.82. The summed E-state index contributed by atoms with van der Waals surface area (Å²) < 4.78 is 140. The molecule has 0 bridgehead atoms. The highest BCUT2D eigenvalue weighted by atomic mass is 19.4. The van der Waals surface area contributed by atoms with Gasteiger partial charge in [0.05, 0.1) is 23.8 Å². The van der Waals surface area contributed by atoms with Gasteiger partial charge in [-0.2, -0.15) is 39.5 Å². The van der Waals surface area contributed by atoms with E-state index in [9.17, 15) is 64.1 Å². The molecule has 0 radical (unpaired) electrons. The number of methoxy groups -OCH3 is 1. The zero-order valence-corrected chi connectivity index (χ0v) is 43.6. The Balaban J connectivity index is 0.000000210. The number of alkyl halides is 9. The van der Waals surface area contributed by atoms with Gasteiger partial charge in [-0.3, -0.25) is 0 Å². The van der Waals surface area contributed by atoms with Crippen LogP contribution in [0.5, 0.6) is 17.2 Å². The molecule has 4 heterocycles. The van der Waals surface area contributed by atoms with Gasteiger partial charge in [-0.25, -0.2) is 14.4 Å². The molecule has 2 N–H and O–H groups in total. The van der Waals surface area contributed by atoms with Gasteiger partial charge in [0.15, 0.2) is 0 Å². The molecule has 3 aromatic carbocycles. The maximum atomic E-state index is 13.4. The minimum Gasteiger partial charge on any atom is -0.491 e. The predicted octanol–water partition coefficient (Wildman–Crippen LogP) is 10.7. The van der Waals surface area contributed by atoms with Crippen molar-refractivity contribution in [2.24, 2.45) is 0 Å². The van der Waals surface area contributed by atoms with Crippen LogP contribution in [0.15, 0.2) is 42.5 Å². The van der Waals surface area contributed by atoms with Gasteiger partial charge in [0.1, 0.15) is 53.8 Å². The van der Waals surface area contributed by atoms with Crippen molar-refractivity contribution in [2.45, 2.75) is 127 Å². The molecule has 418 valence electrons. The molecule has 7 rings (SSSR count). The molecule has 4 fully saturated rings. The summed E-state index contributed by atoms with van der Waals surface area (Å²) >= 11 is 0. The van der Waals surface area contributed by atoms with E-state index in [1.807, 2.05) is 28.2 Å². The maximum Gasteiger partial charge on any atom is 0.416 e. The van der Waals surface area contributed by atoms with Crippen molar-refractivity contribution >= 4 is 17.9 Å². The fourth-order valence-corrected chi connectivity index (χ4v) is 9.70. The number of aromatic carboxylic acids is 2. The number of carboxylic acid groups (broad SMARTS) is 2. The fourth-order valence-electron chi connectivity index (χ4n) is 9.70. The van der Waals surface area contributed by atoms with E-state index in [0.29, 0.717) is 30.7 Å². The summed E-state index contributed by atoms with van der Waals surface area (Å²) in [6.45, 7) is 9.79. The van der Waals surface area contributed by atoms with Crippen LogP contribution in [0.1, 0.15) is 131 Å². The zero-order chi connectivity index (χ0) is 55.8. The number of likely N-dealkylation sites (N-methyl/N-ethyl adjacent to an activating group) is 4. The first-order valence-corrected chi connectivity index (χ1v) is 24.9. The topological polar surface area (TPSA) is 142 Å². The van der Waals surface area contributed by atoms with E-state index < -0.39 is 69.7 Å². The number of benzene rings is 3. The third kappa shape index (κ3) is 16.3. The number of hydrogen-bond donors (Lipinski definition) is 2. The molecule has 0 amide bonds. The zero-order valence-electron chi connectivity index (χ0n) is 43.6. The van der Waals surface area contributed by atoms with Crippen LogP contribution in [0.2, 0.25) is 0 Å². The molecule has 0 spiro atoms. The van der Waals surface area contributed by atoms with Crippen molar-refractivity contribution in [3.8, 4) is 17.2 Å². The van der Waals surface area contributed by atoms with Crippen LogP contribution in [0.3, 0.4) is 0 Å². The van der Waals surface area contributed by atoms with E-state index in [2.05, 4.69) is 24.3 Å². The molecular weight excluding hydrogens is 1010 g/mol. The standard InChI is InChI=1S/C20H27F3N2O3.C18H24F3NO3.C15H18F3NO3/c1-24-7-3-5-15(24)10-13-9-14(20(21,22)23)11-17(19(26)27)18(13)28-12-16-6-4-8-25(16)2;1-17(2,3)14-9-11(18(19,20)21)8-13(16(23)24)15(14)25-10-12-6-5-7-22(12)4;1-19-7-3-4-11(19)9-22-13-6-5-10(15(16,17)18)8-12(13)14(20)21-2/h9,11,15-16H,3-8,10,12H2,1-2H3,(H,26,27);8-9,12H,5-7,10H2,1-4H3,(H,23,24);5-6,8,11H,3-4,7,9H2,1-2H3/t15-,16-;12-;/m00./s1. The van der Waals surface area contributed by atoms with Crippen LogP contribution in [-0.2, 0) is 35.1 Å². The van der Waals surface area contributed by atoms with E-state index >= 15 is 0 Å². The van der Waals surface area contributed by atoms with Gasteiger partial charge in [0.25, 0.3) is 0 Å². The van der Waals surface area contributed by atoms with Gasteiger partial charge in [0, 0.05) is 29.7 Å². The van der Waals surface area contributed by atoms with Gasteiger partial charge in [-0.05, 0) is 166 Å². The Hall–Kier alpha value is -5.32. The molecule has 0 aliphatic carbocycles. The Morgan fingerprint density at radius 3 is 1.31 bits per heavy atom. The van der Waals surface area contributed by atoms with Crippen molar-refractivity contribution in [2.75, 3.05) is 81.3 Å². The van der Waals surface area contributed by atoms with Crippen molar-refractivity contribution in [3.63, 3.8) is 0 Å². The van der Waals surface area contributed by atoms with E-state index in [4.69, 9.17) is 14.2 Å². The lowest BCUT2D eigenvalue weighted by Crippen LogP contribution is -2.31. The number of carbonyl (C=O) groups excluding carboxylic acids is 1. The largest absolute Gasteiger partial charge is 0.491 e. The van der Waals surface area contributed by atoms with E-state index in [0.717, 1.165) is 109 Å². The fraction of sp³-hybridized carbons (Fsp3) is 0.604. The highest BCUT2D eigenvalue weighted by Crippen LogP contribution is 2.42. The summed E-state index contributed by atoms with van der Waals surface area (Å²) in [6.07, 6.45) is -5.62. The van der Waals surface area contributed by atoms with Gasteiger partial charge < -0.3 is 48.8 Å². The highest BCUT2D eigenvalue weighted by molar-refractivity contribution is 5.93. The number of carboxylic acids is 2. The second-order valence-electron chi connectivity index (χ2n) is 20.7. The number of carbonyl (C=O) groups is 3. The van der Waals surface area contributed by atoms with E-state index in [1.54, 1.807) is 20.8 Å². The number of rotatable bonds is 14. The number of nitrogens with zero attached hydrogens (tertiary/aromatic N) is 4. The first-order chi connectivity index (χ1) is 34.9. The number of likely N-dealkylation sites (tertiary alicyclic amines) is 4. The highest BCUT2D eigenvalue weighted by Gasteiger charge is 2.38. The Labute approximate surface area is 431 Å². The minimum absolute atomic E-state index is 0.0355. The molecule has 4 aliphatic heterocycles. The smallest absolute Gasteiger partial charge is 0.416 e.